The molecule has 5 rings (SSSR count). The summed E-state index contributed by atoms with van der Waals surface area (Å²) >= 11 is 0. The van der Waals surface area contributed by atoms with Gasteiger partial charge in [-0.1, -0.05) is 0 Å². The average molecular weight is 151 g/mol. The van der Waals surface area contributed by atoms with Gasteiger partial charge < -0.3 is 5.73 Å². The van der Waals surface area contributed by atoms with Crippen molar-refractivity contribution in [3.63, 3.8) is 0 Å². The van der Waals surface area contributed by atoms with E-state index in [1.807, 2.05) is 0 Å². The Morgan fingerprint density at radius 3 is 2.18 bits per heavy atom. The Kier molecular flexibility index (Phi) is 1.18. The van der Waals surface area contributed by atoms with E-state index in [1.165, 1.54) is 32.1 Å². The van der Waals surface area contributed by atoms with Crippen LogP contribution in [0.3, 0.4) is 0 Å². The van der Waals surface area contributed by atoms with Crippen molar-refractivity contribution >= 4 is 0 Å². The lowest BCUT2D eigenvalue weighted by atomic mass is 9.52. The van der Waals surface area contributed by atoms with Crippen LogP contribution in [-0.2, 0) is 0 Å². The van der Waals surface area contributed by atoms with Crippen LogP contribution >= 0.6 is 0 Å². The van der Waals surface area contributed by atoms with Crippen LogP contribution in [0.2, 0.25) is 0 Å². The minimum atomic E-state index is 0.579. The molecule has 5 atom stereocenters. The summed E-state index contributed by atoms with van der Waals surface area (Å²) < 4.78 is 0. The van der Waals surface area contributed by atoms with E-state index >= 15 is 0 Å². The van der Waals surface area contributed by atoms with Crippen molar-refractivity contribution in [2.45, 2.75) is 38.1 Å². The van der Waals surface area contributed by atoms with Gasteiger partial charge in [-0.15, -0.1) is 0 Å². The zero-order valence-corrected chi connectivity index (χ0v) is 7.00. The maximum Gasteiger partial charge on any atom is 0.00726 e. The maximum absolute atomic E-state index is 6.11. The van der Waals surface area contributed by atoms with Crippen LogP contribution in [-0.4, -0.2) is 6.04 Å². The Morgan fingerprint density at radius 1 is 0.818 bits per heavy atom. The minimum Gasteiger partial charge on any atom is -0.327 e. The topological polar surface area (TPSA) is 26.0 Å². The third-order valence-corrected chi connectivity index (χ3v) is 4.49. The van der Waals surface area contributed by atoms with Crippen LogP contribution in [0.5, 0.6) is 0 Å². The fourth-order valence-electron chi connectivity index (χ4n) is 3.94. The van der Waals surface area contributed by atoms with Crippen molar-refractivity contribution in [2.75, 3.05) is 0 Å². The predicted octanol–water partition coefficient (Wildman–Crippen LogP) is 1.77. The number of rotatable bonds is 0. The van der Waals surface area contributed by atoms with E-state index in [4.69, 9.17) is 5.73 Å². The Morgan fingerprint density at radius 2 is 1.64 bits per heavy atom. The zero-order chi connectivity index (χ0) is 7.42. The normalized spacial score (nSPS) is 60.3. The zero-order valence-electron chi connectivity index (χ0n) is 7.00. The summed E-state index contributed by atoms with van der Waals surface area (Å²) in [6, 6.07) is 0.579. The largest absolute Gasteiger partial charge is 0.327 e. The van der Waals surface area contributed by atoms with Crippen molar-refractivity contribution in [1.29, 1.82) is 0 Å². The van der Waals surface area contributed by atoms with Crippen molar-refractivity contribution in [3.8, 4) is 0 Å². The molecule has 5 aliphatic rings. The summed E-state index contributed by atoms with van der Waals surface area (Å²) in [5.41, 5.74) is 6.11. The van der Waals surface area contributed by atoms with E-state index in [0.717, 1.165) is 23.7 Å². The lowest BCUT2D eigenvalue weighted by Gasteiger charge is -2.55. The average Bonchev–Trinajstić information content (AvgIpc) is 2.05. The van der Waals surface area contributed by atoms with Crippen LogP contribution in [0.1, 0.15) is 32.1 Å². The van der Waals surface area contributed by atoms with E-state index in [9.17, 15) is 0 Å². The Bertz CT molecular complexity index is 176. The fraction of sp³-hybridized carbons (Fsp3) is 1.00. The molecule has 0 heterocycles. The molecule has 0 unspecified atom stereocenters. The van der Waals surface area contributed by atoms with Crippen molar-refractivity contribution in [1.82, 2.24) is 0 Å². The minimum absolute atomic E-state index is 0.579. The molecule has 0 aliphatic heterocycles. The van der Waals surface area contributed by atoms with Gasteiger partial charge in [-0.2, -0.15) is 0 Å². The number of hydrogen-bond donors (Lipinski definition) is 1. The molecule has 2 N–H and O–H groups in total. The molecule has 4 bridgehead atoms. The second kappa shape index (κ2) is 2.01. The first-order valence-corrected chi connectivity index (χ1v) is 5.10. The van der Waals surface area contributed by atoms with Gasteiger partial charge in [0.1, 0.15) is 0 Å². The van der Waals surface area contributed by atoms with Crippen molar-refractivity contribution in [3.05, 3.63) is 0 Å². The van der Waals surface area contributed by atoms with Gasteiger partial charge in [-0.25, -0.2) is 0 Å². The Hall–Kier alpha value is -0.0400. The highest BCUT2D eigenvalue weighted by Gasteiger charge is 2.48. The van der Waals surface area contributed by atoms with Crippen LogP contribution in [0.4, 0.5) is 0 Å². The first-order chi connectivity index (χ1) is 5.34. The van der Waals surface area contributed by atoms with Crippen LogP contribution in [0.15, 0.2) is 0 Å². The first-order valence-electron chi connectivity index (χ1n) is 5.10. The van der Waals surface area contributed by atoms with E-state index in [1.54, 1.807) is 0 Å². The standard InChI is InChI=1S/C10H17N/c11-10-5-8-3-7-2-1-6(8)4-9(7)10/h6-10H,1-5,11H2/t6-,7-,8+,9-,10-/m0/s1. The van der Waals surface area contributed by atoms with Crippen LogP contribution in [0, 0.1) is 23.7 Å². The maximum atomic E-state index is 6.11. The molecule has 0 radical (unpaired) electrons. The van der Waals surface area contributed by atoms with Crippen molar-refractivity contribution in [2.24, 2.45) is 29.4 Å². The molecule has 0 saturated heterocycles. The highest BCUT2D eigenvalue weighted by molar-refractivity contribution is 5.01. The molecule has 0 aromatic rings. The molecule has 1 heteroatoms. The van der Waals surface area contributed by atoms with Gasteiger partial charge in [0.25, 0.3) is 0 Å². The SMILES string of the molecule is N[C@H]1C[C@H]2C[C@@H]3CC[C@H]2C[C@@H]31. The summed E-state index contributed by atoms with van der Waals surface area (Å²) in [6.45, 7) is 0. The van der Waals surface area contributed by atoms with Crippen LogP contribution < -0.4 is 5.73 Å². The molecule has 5 fully saturated rings. The van der Waals surface area contributed by atoms with E-state index < -0.39 is 0 Å². The summed E-state index contributed by atoms with van der Waals surface area (Å²) in [5, 5.41) is 0. The highest BCUT2D eigenvalue weighted by Crippen LogP contribution is 2.55. The summed E-state index contributed by atoms with van der Waals surface area (Å²) in [5.74, 6) is 4.09. The second-order valence-corrected chi connectivity index (χ2v) is 4.89. The highest BCUT2D eigenvalue weighted by atomic mass is 14.7. The lowest BCUT2D eigenvalue weighted by Crippen LogP contribution is -2.53. The quantitative estimate of drug-likeness (QED) is 0.561. The molecule has 5 saturated carbocycles. The smallest absolute Gasteiger partial charge is 0.00726 e. The Labute approximate surface area is 68.3 Å². The summed E-state index contributed by atoms with van der Waals surface area (Å²) in [6.07, 6.45) is 7.39. The van der Waals surface area contributed by atoms with Gasteiger partial charge in [0.2, 0.25) is 0 Å². The van der Waals surface area contributed by atoms with E-state index in [2.05, 4.69) is 0 Å². The summed E-state index contributed by atoms with van der Waals surface area (Å²) in [4.78, 5) is 0. The van der Waals surface area contributed by atoms with E-state index in [-0.39, 0.29) is 0 Å². The molecule has 62 valence electrons. The van der Waals surface area contributed by atoms with Crippen molar-refractivity contribution < 1.29 is 0 Å². The van der Waals surface area contributed by atoms with E-state index in [0.29, 0.717) is 6.04 Å². The monoisotopic (exact) mass is 151 g/mol. The first kappa shape index (κ1) is 6.47. The number of hydrogen-bond acceptors (Lipinski definition) is 1. The molecule has 0 spiro atoms. The predicted molar refractivity (Wildman–Crippen MR) is 45.0 cm³/mol. The van der Waals surface area contributed by atoms with Gasteiger partial charge in [0.15, 0.2) is 0 Å². The molecule has 1 nitrogen and oxygen atoms in total. The van der Waals surface area contributed by atoms with Gasteiger partial charge in [0, 0.05) is 6.04 Å². The van der Waals surface area contributed by atoms with Gasteiger partial charge >= 0.3 is 0 Å². The molecule has 0 aromatic carbocycles. The number of fused-ring (bicyclic) bond motifs is 2. The molecule has 0 aromatic heterocycles. The molecule has 5 aliphatic carbocycles. The molecular formula is C10H17N. The molecule has 0 amide bonds. The van der Waals surface area contributed by atoms with Gasteiger partial charge in [0.05, 0.1) is 0 Å². The second-order valence-electron chi connectivity index (χ2n) is 4.89. The van der Waals surface area contributed by atoms with Gasteiger partial charge in [-0.05, 0) is 55.8 Å². The fourth-order valence-corrected chi connectivity index (χ4v) is 3.94. The lowest BCUT2D eigenvalue weighted by molar-refractivity contribution is -0.0306. The third kappa shape index (κ3) is 0.752. The molecule has 11 heavy (non-hydrogen) atoms. The molecular weight excluding hydrogens is 134 g/mol. The number of nitrogens with two attached hydrogens (primary N) is 1. The van der Waals surface area contributed by atoms with Crippen LogP contribution in [0.25, 0.3) is 0 Å². The summed E-state index contributed by atoms with van der Waals surface area (Å²) in [7, 11) is 0. The third-order valence-electron chi connectivity index (χ3n) is 4.49. The Balaban J connectivity index is 1.93. The van der Waals surface area contributed by atoms with Gasteiger partial charge in [-0.3, -0.25) is 0 Å².